The molecule has 3 heterocycles. The van der Waals surface area contributed by atoms with Crippen molar-refractivity contribution in [2.75, 3.05) is 52.4 Å². The Bertz CT molecular complexity index is 788. The summed E-state index contributed by atoms with van der Waals surface area (Å²) in [5.74, 6) is -1.07. The Kier molecular flexibility index (Phi) is 7.81. The van der Waals surface area contributed by atoms with Crippen LogP contribution in [0.3, 0.4) is 0 Å². The number of carbonyl (C=O) groups excluding carboxylic acids is 3. The molecule has 0 radical (unpaired) electrons. The van der Waals surface area contributed by atoms with E-state index >= 15 is 0 Å². The molecule has 1 atom stereocenters. The normalized spacial score (nSPS) is 20.2. The van der Waals surface area contributed by atoms with E-state index in [1.165, 1.54) is 14.2 Å². The van der Waals surface area contributed by atoms with Crippen molar-refractivity contribution in [3.63, 3.8) is 0 Å². The SMILES string of the molecule is COC(=O)c1sc(NC(=O)CCN2CCC[C@H](C3OCCO3)C2)c(C(=O)OC)c1C. The number of piperidine rings is 1. The molecular weight excluding hydrogens is 412 g/mol. The van der Waals surface area contributed by atoms with Crippen molar-refractivity contribution in [2.24, 2.45) is 5.92 Å². The van der Waals surface area contributed by atoms with Crippen molar-refractivity contribution in [1.29, 1.82) is 0 Å². The van der Waals surface area contributed by atoms with Crippen LogP contribution >= 0.6 is 11.3 Å². The molecule has 0 spiro atoms. The van der Waals surface area contributed by atoms with Gasteiger partial charge in [-0.25, -0.2) is 9.59 Å². The highest BCUT2D eigenvalue weighted by atomic mass is 32.1. The van der Waals surface area contributed by atoms with Crippen LogP contribution in [-0.4, -0.2) is 76.1 Å². The molecule has 2 aliphatic heterocycles. The Morgan fingerprint density at radius 2 is 1.87 bits per heavy atom. The van der Waals surface area contributed by atoms with Gasteiger partial charge in [0, 0.05) is 25.4 Å². The fourth-order valence-electron chi connectivity index (χ4n) is 3.85. The zero-order chi connectivity index (χ0) is 21.7. The van der Waals surface area contributed by atoms with Gasteiger partial charge in [-0.15, -0.1) is 11.3 Å². The lowest BCUT2D eigenvalue weighted by molar-refractivity contribution is -0.117. The Labute approximate surface area is 179 Å². The first-order chi connectivity index (χ1) is 14.4. The van der Waals surface area contributed by atoms with Gasteiger partial charge >= 0.3 is 11.9 Å². The van der Waals surface area contributed by atoms with E-state index in [0.29, 0.717) is 36.2 Å². The first kappa shape index (κ1) is 22.7. The number of methoxy groups -OCH3 is 2. The Hall–Kier alpha value is -2.01. The minimum atomic E-state index is -0.607. The van der Waals surface area contributed by atoms with Crippen molar-refractivity contribution >= 4 is 34.2 Å². The molecule has 30 heavy (non-hydrogen) atoms. The number of carbonyl (C=O) groups is 3. The third-order valence-electron chi connectivity index (χ3n) is 5.39. The molecule has 0 unspecified atom stereocenters. The van der Waals surface area contributed by atoms with Crippen molar-refractivity contribution in [3.05, 3.63) is 16.0 Å². The molecule has 10 heteroatoms. The number of likely N-dealkylation sites (tertiary alicyclic amines) is 1. The topological polar surface area (TPSA) is 103 Å². The molecule has 9 nitrogen and oxygen atoms in total. The van der Waals surface area contributed by atoms with Crippen molar-refractivity contribution in [2.45, 2.75) is 32.5 Å². The first-order valence-electron chi connectivity index (χ1n) is 10.00. The number of thiophene rings is 1. The highest BCUT2D eigenvalue weighted by Crippen LogP contribution is 2.34. The molecule has 1 amide bonds. The maximum Gasteiger partial charge on any atom is 0.348 e. The summed E-state index contributed by atoms with van der Waals surface area (Å²) in [6.45, 7) is 5.26. The van der Waals surface area contributed by atoms with Gasteiger partial charge in [0.25, 0.3) is 0 Å². The van der Waals surface area contributed by atoms with Gasteiger partial charge in [0.2, 0.25) is 5.91 Å². The van der Waals surface area contributed by atoms with E-state index in [2.05, 4.69) is 10.2 Å². The predicted octanol–water partition coefficient (Wildman–Crippen LogP) is 2.04. The summed E-state index contributed by atoms with van der Waals surface area (Å²) in [5, 5.41) is 3.07. The van der Waals surface area contributed by atoms with E-state index in [1.807, 2.05) is 0 Å². The molecule has 0 aromatic carbocycles. The Morgan fingerprint density at radius 3 is 2.53 bits per heavy atom. The van der Waals surface area contributed by atoms with Crippen LogP contribution in [0.25, 0.3) is 0 Å². The largest absolute Gasteiger partial charge is 0.465 e. The molecule has 1 aromatic rings. The van der Waals surface area contributed by atoms with E-state index < -0.39 is 11.9 Å². The lowest BCUT2D eigenvalue weighted by Gasteiger charge is -2.34. The number of esters is 2. The van der Waals surface area contributed by atoms with Gasteiger partial charge in [0.1, 0.15) is 9.88 Å². The average molecular weight is 441 g/mol. The lowest BCUT2D eigenvalue weighted by Crippen LogP contribution is -2.41. The third-order valence-corrected chi connectivity index (χ3v) is 6.58. The molecule has 1 aromatic heterocycles. The molecule has 0 aliphatic carbocycles. The van der Waals surface area contributed by atoms with E-state index in [-0.39, 0.29) is 29.1 Å². The van der Waals surface area contributed by atoms with Crippen molar-refractivity contribution in [3.8, 4) is 0 Å². The minimum absolute atomic E-state index is 0.143. The Balaban J connectivity index is 1.60. The second-order valence-corrected chi connectivity index (χ2v) is 8.38. The molecule has 166 valence electrons. The minimum Gasteiger partial charge on any atom is -0.465 e. The molecule has 2 fully saturated rings. The molecule has 0 bridgehead atoms. The summed E-state index contributed by atoms with van der Waals surface area (Å²) in [7, 11) is 2.53. The summed E-state index contributed by atoms with van der Waals surface area (Å²) >= 11 is 1.02. The predicted molar refractivity (Wildman–Crippen MR) is 110 cm³/mol. The number of anilines is 1. The molecular formula is C20H28N2O7S. The summed E-state index contributed by atoms with van der Waals surface area (Å²) < 4.78 is 20.8. The van der Waals surface area contributed by atoms with Crippen LogP contribution in [-0.2, 0) is 23.7 Å². The van der Waals surface area contributed by atoms with Gasteiger partial charge in [-0.1, -0.05) is 0 Å². The fraction of sp³-hybridized carbons (Fsp3) is 0.650. The molecule has 3 rings (SSSR count). The fourth-order valence-corrected chi connectivity index (χ4v) is 4.98. The van der Waals surface area contributed by atoms with E-state index in [9.17, 15) is 14.4 Å². The number of nitrogens with zero attached hydrogens (tertiary/aromatic N) is 1. The van der Waals surface area contributed by atoms with Crippen LogP contribution < -0.4 is 5.32 Å². The molecule has 1 N–H and O–H groups in total. The van der Waals surface area contributed by atoms with Crippen LogP contribution in [0, 0.1) is 12.8 Å². The van der Waals surface area contributed by atoms with Crippen LogP contribution in [0.2, 0.25) is 0 Å². The monoisotopic (exact) mass is 440 g/mol. The second-order valence-electron chi connectivity index (χ2n) is 7.35. The molecule has 2 saturated heterocycles. The third kappa shape index (κ3) is 5.18. The van der Waals surface area contributed by atoms with Gasteiger partial charge < -0.3 is 29.2 Å². The van der Waals surface area contributed by atoms with Crippen molar-refractivity contribution in [1.82, 2.24) is 4.90 Å². The first-order valence-corrected chi connectivity index (χ1v) is 10.8. The van der Waals surface area contributed by atoms with Gasteiger partial charge in [-0.2, -0.15) is 0 Å². The number of hydrogen-bond donors (Lipinski definition) is 1. The molecule has 2 aliphatic rings. The van der Waals surface area contributed by atoms with Gasteiger partial charge in [-0.05, 0) is 31.9 Å². The van der Waals surface area contributed by atoms with E-state index in [1.54, 1.807) is 6.92 Å². The van der Waals surface area contributed by atoms with Crippen LogP contribution in [0.5, 0.6) is 0 Å². The second kappa shape index (κ2) is 10.3. The average Bonchev–Trinajstić information content (AvgIpc) is 3.40. The van der Waals surface area contributed by atoms with E-state index in [4.69, 9.17) is 18.9 Å². The number of hydrogen-bond acceptors (Lipinski definition) is 9. The zero-order valence-electron chi connectivity index (χ0n) is 17.5. The van der Waals surface area contributed by atoms with E-state index in [0.717, 1.165) is 37.3 Å². The molecule has 0 saturated carbocycles. The maximum absolute atomic E-state index is 12.6. The number of amides is 1. The van der Waals surface area contributed by atoms with Crippen LogP contribution in [0.15, 0.2) is 0 Å². The quantitative estimate of drug-likeness (QED) is 0.643. The van der Waals surface area contributed by atoms with Gasteiger partial charge in [0.15, 0.2) is 6.29 Å². The Morgan fingerprint density at radius 1 is 1.17 bits per heavy atom. The lowest BCUT2D eigenvalue weighted by atomic mass is 9.97. The van der Waals surface area contributed by atoms with Crippen LogP contribution in [0.1, 0.15) is 44.9 Å². The summed E-state index contributed by atoms with van der Waals surface area (Å²) in [5.41, 5.74) is 0.620. The highest BCUT2D eigenvalue weighted by molar-refractivity contribution is 7.18. The number of ether oxygens (including phenoxy) is 4. The summed E-state index contributed by atoms with van der Waals surface area (Å²) in [6.07, 6.45) is 2.22. The highest BCUT2D eigenvalue weighted by Gasteiger charge is 2.31. The maximum atomic E-state index is 12.6. The van der Waals surface area contributed by atoms with Gasteiger partial charge in [-0.3, -0.25) is 4.79 Å². The summed E-state index contributed by atoms with van der Waals surface area (Å²) in [6, 6.07) is 0. The van der Waals surface area contributed by atoms with Gasteiger partial charge in [0.05, 0.1) is 33.0 Å². The zero-order valence-corrected chi connectivity index (χ0v) is 18.3. The van der Waals surface area contributed by atoms with Crippen molar-refractivity contribution < 1.29 is 33.3 Å². The summed E-state index contributed by atoms with van der Waals surface area (Å²) in [4.78, 5) is 39.2. The van der Waals surface area contributed by atoms with Crippen LogP contribution in [0.4, 0.5) is 5.00 Å². The number of nitrogens with one attached hydrogen (secondary N) is 1. The smallest absolute Gasteiger partial charge is 0.348 e. The standard InChI is InChI=1S/C20H28N2O7S/c1-12-15(18(24)26-2)17(30-16(12)19(25)27-3)21-14(23)6-8-22-7-4-5-13(11-22)20-28-9-10-29-20/h13,20H,4-11H2,1-3H3,(H,21,23)/t13-/m0/s1. The number of rotatable bonds is 7.